The molecule has 24 heavy (non-hydrogen) atoms. The van der Waals surface area contributed by atoms with Crippen LogP contribution in [-0.4, -0.2) is 68.1 Å². The molecule has 0 aromatic heterocycles. The molecule has 1 radical (unpaired) electrons. The number of aryl methyl sites for hydroxylation is 1. The van der Waals surface area contributed by atoms with E-state index in [0.29, 0.717) is 0 Å². The van der Waals surface area contributed by atoms with Crippen LogP contribution in [0.4, 0.5) is 0 Å². The Labute approximate surface area is 144 Å². The van der Waals surface area contributed by atoms with Crippen molar-refractivity contribution in [1.29, 1.82) is 0 Å². The minimum atomic E-state index is -0.0751. The van der Waals surface area contributed by atoms with Gasteiger partial charge >= 0.3 is 0 Å². The number of fused-ring (bicyclic) bond motifs is 1. The van der Waals surface area contributed by atoms with Crippen molar-refractivity contribution in [1.82, 2.24) is 9.80 Å². The van der Waals surface area contributed by atoms with Crippen LogP contribution >= 0.6 is 0 Å². The first-order valence-electron chi connectivity index (χ1n) is 8.99. The van der Waals surface area contributed by atoms with E-state index in [2.05, 4.69) is 28.2 Å². The Morgan fingerprint density at radius 2 is 1.88 bits per heavy atom. The van der Waals surface area contributed by atoms with Gasteiger partial charge in [0.05, 0.1) is 19.3 Å². The molecule has 0 spiro atoms. The first-order chi connectivity index (χ1) is 11.8. The maximum Gasteiger partial charge on any atom is 0.216 e. The SMILES string of the molecule is CC([C]=O)N1CCN(CCCc2ccc3c(c2)OCCCO3)CC1. The smallest absolute Gasteiger partial charge is 0.216 e. The molecule has 1 atom stereocenters. The number of hydrogen-bond donors (Lipinski definition) is 0. The first-order valence-corrected chi connectivity index (χ1v) is 8.99. The Balaban J connectivity index is 1.42. The van der Waals surface area contributed by atoms with Crippen LogP contribution in [-0.2, 0) is 11.2 Å². The monoisotopic (exact) mass is 331 g/mol. The van der Waals surface area contributed by atoms with Crippen molar-refractivity contribution in [2.24, 2.45) is 0 Å². The van der Waals surface area contributed by atoms with Crippen molar-refractivity contribution in [3.8, 4) is 11.5 Å². The number of rotatable bonds is 6. The zero-order valence-corrected chi connectivity index (χ0v) is 14.5. The normalized spacial score (nSPS) is 20.4. The van der Waals surface area contributed by atoms with Gasteiger partial charge in [-0.25, -0.2) is 0 Å². The minimum absolute atomic E-state index is 0.0751. The highest BCUT2D eigenvalue weighted by Crippen LogP contribution is 2.30. The fourth-order valence-corrected chi connectivity index (χ4v) is 3.32. The van der Waals surface area contributed by atoms with Crippen molar-refractivity contribution >= 4 is 6.29 Å². The molecular weight excluding hydrogens is 304 g/mol. The van der Waals surface area contributed by atoms with Gasteiger partial charge < -0.3 is 14.4 Å². The molecule has 2 aliphatic heterocycles. The van der Waals surface area contributed by atoms with Crippen molar-refractivity contribution in [3.63, 3.8) is 0 Å². The topological polar surface area (TPSA) is 42.0 Å². The summed E-state index contributed by atoms with van der Waals surface area (Å²) in [6.07, 6.45) is 5.20. The molecule has 1 aromatic carbocycles. The van der Waals surface area contributed by atoms with Gasteiger partial charge in [-0.1, -0.05) is 6.07 Å². The van der Waals surface area contributed by atoms with E-state index in [9.17, 15) is 4.79 Å². The molecule has 1 fully saturated rings. The molecule has 2 aliphatic rings. The third-order valence-electron chi connectivity index (χ3n) is 4.88. The zero-order valence-electron chi connectivity index (χ0n) is 14.5. The number of hydrogen-bond acceptors (Lipinski definition) is 5. The highest BCUT2D eigenvalue weighted by Gasteiger charge is 2.20. The molecule has 3 rings (SSSR count). The second kappa shape index (κ2) is 8.49. The summed E-state index contributed by atoms with van der Waals surface area (Å²) in [6.45, 7) is 8.48. The third kappa shape index (κ3) is 4.48. The van der Waals surface area contributed by atoms with Crippen LogP contribution < -0.4 is 9.47 Å². The Bertz CT molecular complexity index is 541. The summed E-state index contributed by atoms with van der Waals surface area (Å²) < 4.78 is 11.4. The van der Waals surface area contributed by atoms with Gasteiger partial charge in [0.15, 0.2) is 11.5 Å². The standard InChI is InChI=1S/C19H27N2O3/c1-16(15-22)21-10-8-20(9-11-21)7-2-4-17-5-6-18-19(14-17)24-13-3-12-23-18/h5-6,14,16H,2-4,7-13H2,1H3. The van der Waals surface area contributed by atoms with Crippen LogP contribution in [0.3, 0.4) is 0 Å². The van der Waals surface area contributed by atoms with Crippen molar-refractivity contribution in [3.05, 3.63) is 23.8 Å². The zero-order chi connectivity index (χ0) is 16.8. The van der Waals surface area contributed by atoms with Crippen LogP contribution in [0.25, 0.3) is 0 Å². The van der Waals surface area contributed by atoms with Crippen LogP contribution in [0, 0.1) is 0 Å². The van der Waals surface area contributed by atoms with E-state index in [1.165, 1.54) is 5.56 Å². The highest BCUT2D eigenvalue weighted by molar-refractivity contribution is 5.57. The summed E-state index contributed by atoms with van der Waals surface area (Å²) in [7, 11) is 0. The van der Waals surface area contributed by atoms with Crippen LogP contribution in [0.15, 0.2) is 18.2 Å². The van der Waals surface area contributed by atoms with Gasteiger partial charge in [-0.05, 0) is 44.0 Å². The molecule has 5 heteroatoms. The largest absolute Gasteiger partial charge is 0.490 e. The Hall–Kier alpha value is -1.59. The lowest BCUT2D eigenvalue weighted by Crippen LogP contribution is -2.50. The maximum atomic E-state index is 10.7. The van der Waals surface area contributed by atoms with E-state index < -0.39 is 0 Å². The lowest BCUT2D eigenvalue weighted by molar-refractivity contribution is 0.120. The van der Waals surface area contributed by atoms with Gasteiger partial charge in [0.2, 0.25) is 6.29 Å². The fourth-order valence-electron chi connectivity index (χ4n) is 3.32. The summed E-state index contributed by atoms with van der Waals surface area (Å²) in [5.74, 6) is 1.76. The molecule has 0 amide bonds. The van der Waals surface area contributed by atoms with Gasteiger partial charge in [0, 0.05) is 32.6 Å². The number of carbonyl (C=O) groups excluding carboxylic acids is 1. The molecule has 0 saturated carbocycles. The summed E-state index contributed by atoms with van der Waals surface area (Å²) in [6, 6.07) is 6.23. The molecule has 2 heterocycles. The number of ether oxygens (including phenoxy) is 2. The molecule has 1 aromatic rings. The van der Waals surface area contributed by atoms with Crippen LogP contribution in [0.5, 0.6) is 11.5 Å². The van der Waals surface area contributed by atoms with E-state index in [1.807, 2.05) is 13.0 Å². The van der Waals surface area contributed by atoms with Gasteiger partial charge in [-0.2, -0.15) is 0 Å². The number of benzene rings is 1. The van der Waals surface area contributed by atoms with Crippen LogP contribution in [0.1, 0.15) is 25.3 Å². The quantitative estimate of drug-likeness (QED) is 0.796. The molecular formula is C19H27N2O3. The van der Waals surface area contributed by atoms with Gasteiger partial charge in [-0.15, -0.1) is 0 Å². The van der Waals surface area contributed by atoms with E-state index in [1.54, 1.807) is 0 Å². The Morgan fingerprint density at radius 1 is 1.12 bits per heavy atom. The van der Waals surface area contributed by atoms with Crippen molar-refractivity contribution in [2.75, 3.05) is 45.9 Å². The van der Waals surface area contributed by atoms with E-state index in [-0.39, 0.29) is 6.04 Å². The second-order valence-corrected chi connectivity index (χ2v) is 6.61. The summed E-state index contributed by atoms with van der Waals surface area (Å²) in [5, 5.41) is 0. The molecule has 1 unspecified atom stereocenters. The lowest BCUT2D eigenvalue weighted by atomic mass is 10.1. The molecule has 1 saturated heterocycles. The summed E-state index contributed by atoms with van der Waals surface area (Å²) >= 11 is 0. The number of piperazine rings is 1. The first kappa shape index (κ1) is 17.2. The lowest BCUT2D eigenvalue weighted by Gasteiger charge is -2.36. The number of nitrogens with zero attached hydrogens (tertiary/aromatic N) is 2. The molecule has 5 nitrogen and oxygen atoms in total. The molecule has 131 valence electrons. The maximum absolute atomic E-state index is 10.7. The molecule has 0 N–H and O–H groups in total. The van der Waals surface area contributed by atoms with Gasteiger partial charge in [0.1, 0.15) is 0 Å². The predicted molar refractivity (Wildman–Crippen MR) is 93.5 cm³/mol. The minimum Gasteiger partial charge on any atom is -0.490 e. The fraction of sp³-hybridized carbons (Fsp3) is 0.632. The molecule has 0 aliphatic carbocycles. The molecule has 0 bridgehead atoms. The average molecular weight is 331 g/mol. The highest BCUT2D eigenvalue weighted by atomic mass is 16.5. The summed E-state index contributed by atoms with van der Waals surface area (Å²) in [5.41, 5.74) is 1.31. The van der Waals surface area contributed by atoms with E-state index >= 15 is 0 Å². The van der Waals surface area contributed by atoms with E-state index in [0.717, 1.165) is 76.7 Å². The summed E-state index contributed by atoms with van der Waals surface area (Å²) in [4.78, 5) is 15.4. The Kier molecular flexibility index (Phi) is 6.10. The second-order valence-electron chi connectivity index (χ2n) is 6.61. The van der Waals surface area contributed by atoms with Crippen molar-refractivity contribution in [2.45, 2.75) is 32.2 Å². The van der Waals surface area contributed by atoms with Crippen molar-refractivity contribution < 1.29 is 14.3 Å². The average Bonchev–Trinajstić information content (AvgIpc) is 2.86. The predicted octanol–water partition coefficient (Wildman–Crippen LogP) is 1.90. The van der Waals surface area contributed by atoms with E-state index in [4.69, 9.17) is 9.47 Å². The van der Waals surface area contributed by atoms with Gasteiger partial charge in [-0.3, -0.25) is 9.69 Å². The van der Waals surface area contributed by atoms with Gasteiger partial charge in [0.25, 0.3) is 0 Å². The third-order valence-corrected chi connectivity index (χ3v) is 4.88. The van der Waals surface area contributed by atoms with Crippen LogP contribution in [0.2, 0.25) is 0 Å². The Morgan fingerprint density at radius 3 is 2.62 bits per heavy atom.